The number of likely N-dealkylation sites (tertiary alicyclic amines) is 1. The third kappa shape index (κ3) is 2.58. The van der Waals surface area contributed by atoms with Crippen LogP contribution >= 0.6 is 0 Å². The Bertz CT molecular complexity index is 374. The van der Waals surface area contributed by atoms with E-state index in [-0.39, 0.29) is 11.8 Å². The van der Waals surface area contributed by atoms with Crippen molar-refractivity contribution in [2.45, 2.75) is 45.2 Å². The molecule has 0 saturated carbocycles. The van der Waals surface area contributed by atoms with Crippen LogP contribution in [0.15, 0.2) is 30.3 Å². The molecule has 2 atom stereocenters. The molecular formula is C15H21NO. The van der Waals surface area contributed by atoms with E-state index in [9.17, 15) is 4.79 Å². The van der Waals surface area contributed by atoms with Gasteiger partial charge in [-0.25, -0.2) is 0 Å². The fraction of sp³-hybridized carbons (Fsp3) is 0.533. The molecule has 1 aromatic rings. The van der Waals surface area contributed by atoms with Gasteiger partial charge in [0.05, 0.1) is 6.04 Å². The molecule has 1 aliphatic heterocycles. The van der Waals surface area contributed by atoms with Crippen LogP contribution in [0.1, 0.15) is 43.5 Å². The molecule has 2 rings (SSSR count). The van der Waals surface area contributed by atoms with Crippen LogP contribution in [0.25, 0.3) is 0 Å². The first-order chi connectivity index (χ1) is 8.24. The van der Waals surface area contributed by atoms with Crippen LogP contribution in [-0.4, -0.2) is 29.3 Å². The Morgan fingerprint density at radius 3 is 2.65 bits per heavy atom. The second kappa shape index (κ2) is 5.46. The summed E-state index contributed by atoms with van der Waals surface area (Å²) in [5.41, 5.74) is 0.846. The Balaban J connectivity index is 2.16. The number of ketones is 1. The van der Waals surface area contributed by atoms with Crippen molar-refractivity contribution in [1.29, 1.82) is 0 Å². The predicted octanol–water partition coefficient (Wildman–Crippen LogP) is 3.13. The number of hydrogen-bond donors (Lipinski definition) is 0. The van der Waals surface area contributed by atoms with Gasteiger partial charge in [-0.2, -0.15) is 0 Å². The first kappa shape index (κ1) is 12.3. The topological polar surface area (TPSA) is 20.3 Å². The van der Waals surface area contributed by atoms with Crippen LogP contribution < -0.4 is 0 Å². The van der Waals surface area contributed by atoms with Crippen molar-refractivity contribution in [2.75, 3.05) is 6.54 Å². The summed E-state index contributed by atoms with van der Waals surface area (Å²) in [6.45, 7) is 5.41. The van der Waals surface area contributed by atoms with Gasteiger partial charge < -0.3 is 0 Å². The molecule has 1 heterocycles. The van der Waals surface area contributed by atoms with E-state index in [0.717, 1.165) is 18.5 Å². The molecule has 1 saturated heterocycles. The maximum absolute atomic E-state index is 12.5. The van der Waals surface area contributed by atoms with Gasteiger partial charge in [-0.1, -0.05) is 37.3 Å². The highest BCUT2D eigenvalue weighted by Gasteiger charge is 2.31. The SMILES string of the molecule is CCC(C(=O)c1ccccc1)N1CCCC1C. The predicted molar refractivity (Wildman–Crippen MR) is 70.3 cm³/mol. The number of carbonyl (C=O) groups excluding carboxylic acids is 1. The van der Waals surface area contributed by atoms with Crippen LogP contribution in [0.3, 0.4) is 0 Å². The molecule has 92 valence electrons. The first-order valence-corrected chi connectivity index (χ1v) is 6.59. The van der Waals surface area contributed by atoms with Gasteiger partial charge in [-0.15, -0.1) is 0 Å². The monoisotopic (exact) mass is 231 g/mol. The van der Waals surface area contributed by atoms with E-state index < -0.39 is 0 Å². The summed E-state index contributed by atoms with van der Waals surface area (Å²) in [5.74, 6) is 0.279. The van der Waals surface area contributed by atoms with Crippen molar-refractivity contribution in [3.63, 3.8) is 0 Å². The largest absolute Gasteiger partial charge is 0.292 e. The lowest BCUT2D eigenvalue weighted by Crippen LogP contribution is -2.42. The van der Waals surface area contributed by atoms with Crippen molar-refractivity contribution < 1.29 is 4.79 Å². The van der Waals surface area contributed by atoms with Crippen LogP contribution in [-0.2, 0) is 0 Å². The standard InChI is InChI=1S/C15H21NO/c1-3-14(16-11-7-8-12(16)2)15(17)13-9-5-4-6-10-13/h4-6,9-10,12,14H,3,7-8,11H2,1-2H3. The molecule has 2 nitrogen and oxygen atoms in total. The van der Waals surface area contributed by atoms with Crippen molar-refractivity contribution >= 4 is 5.78 Å². The van der Waals surface area contributed by atoms with Gasteiger partial charge in [-0.3, -0.25) is 9.69 Å². The third-order valence-electron chi connectivity index (χ3n) is 3.75. The zero-order valence-electron chi connectivity index (χ0n) is 10.7. The lowest BCUT2D eigenvalue weighted by Gasteiger charge is -2.29. The van der Waals surface area contributed by atoms with Gasteiger partial charge in [0.2, 0.25) is 0 Å². The average Bonchev–Trinajstić information content (AvgIpc) is 2.78. The molecule has 1 fully saturated rings. The summed E-state index contributed by atoms with van der Waals surface area (Å²) in [6, 6.07) is 10.3. The number of rotatable bonds is 4. The molecule has 1 aliphatic rings. The van der Waals surface area contributed by atoms with E-state index in [0.29, 0.717) is 6.04 Å². The van der Waals surface area contributed by atoms with Gasteiger partial charge in [-0.05, 0) is 32.7 Å². The minimum atomic E-state index is 0.0647. The highest BCUT2D eigenvalue weighted by Crippen LogP contribution is 2.23. The van der Waals surface area contributed by atoms with Crippen LogP contribution in [0.2, 0.25) is 0 Å². The highest BCUT2D eigenvalue weighted by atomic mass is 16.1. The Morgan fingerprint density at radius 2 is 2.12 bits per heavy atom. The van der Waals surface area contributed by atoms with Crippen LogP contribution in [0.4, 0.5) is 0 Å². The minimum Gasteiger partial charge on any atom is -0.292 e. The normalized spacial score (nSPS) is 22.6. The van der Waals surface area contributed by atoms with Crippen LogP contribution in [0, 0.1) is 0 Å². The summed E-state index contributed by atoms with van der Waals surface area (Å²) in [5, 5.41) is 0. The van der Waals surface area contributed by atoms with Crippen molar-refractivity contribution in [3.05, 3.63) is 35.9 Å². The van der Waals surface area contributed by atoms with Gasteiger partial charge in [0.15, 0.2) is 5.78 Å². The molecule has 2 heteroatoms. The summed E-state index contributed by atoms with van der Waals surface area (Å²) in [6.07, 6.45) is 3.34. The molecule has 0 N–H and O–H groups in total. The molecular weight excluding hydrogens is 210 g/mol. The fourth-order valence-corrected chi connectivity index (χ4v) is 2.78. The number of nitrogens with zero attached hydrogens (tertiary/aromatic N) is 1. The van der Waals surface area contributed by atoms with Gasteiger partial charge in [0.1, 0.15) is 0 Å². The Kier molecular flexibility index (Phi) is 3.95. The maximum Gasteiger partial charge on any atom is 0.179 e. The number of Topliss-reactive ketones (excluding diaryl/α,β-unsaturated/α-hetero) is 1. The lowest BCUT2D eigenvalue weighted by molar-refractivity contribution is 0.0801. The van der Waals surface area contributed by atoms with Crippen molar-refractivity contribution in [2.24, 2.45) is 0 Å². The van der Waals surface area contributed by atoms with Gasteiger partial charge in [0, 0.05) is 11.6 Å². The molecule has 0 radical (unpaired) electrons. The lowest BCUT2D eigenvalue weighted by atomic mass is 10.0. The maximum atomic E-state index is 12.5. The van der Waals surface area contributed by atoms with Crippen molar-refractivity contribution in [1.82, 2.24) is 4.90 Å². The number of benzene rings is 1. The van der Waals surface area contributed by atoms with E-state index >= 15 is 0 Å². The summed E-state index contributed by atoms with van der Waals surface area (Å²) in [4.78, 5) is 14.8. The second-order valence-electron chi connectivity index (χ2n) is 4.88. The smallest absolute Gasteiger partial charge is 0.179 e. The van der Waals surface area contributed by atoms with E-state index in [1.807, 2.05) is 30.3 Å². The molecule has 17 heavy (non-hydrogen) atoms. The molecule has 0 aromatic heterocycles. The van der Waals surface area contributed by atoms with Gasteiger partial charge >= 0.3 is 0 Å². The zero-order valence-corrected chi connectivity index (χ0v) is 10.7. The Labute approximate surface area is 104 Å². The van der Waals surface area contributed by atoms with E-state index in [1.54, 1.807) is 0 Å². The molecule has 2 unspecified atom stereocenters. The van der Waals surface area contributed by atoms with Gasteiger partial charge in [0.25, 0.3) is 0 Å². The average molecular weight is 231 g/mol. The summed E-state index contributed by atoms with van der Waals surface area (Å²) < 4.78 is 0. The number of hydrogen-bond acceptors (Lipinski definition) is 2. The quantitative estimate of drug-likeness (QED) is 0.742. The summed E-state index contributed by atoms with van der Waals surface area (Å²) in [7, 11) is 0. The summed E-state index contributed by atoms with van der Waals surface area (Å²) >= 11 is 0. The molecule has 0 aliphatic carbocycles. The van der Waals surface area contributed by atoms with E-state index in [4.69, 9.17) is 0 Å². The fourth-order valence-electron chi connectivity index (χ4n) is 2.78. The van der Waals surface area contributed by atoms with E-state index in [1.165, 1.54) is 12.8 Å². The molecule has 0 spiro atoms. The highest BCUT2D eigenvalue weighted by molar-refractivity contribution is 6.00. The first-order valence-electron chi connectivity index (χ1n) is 6.59. The Hall–Kier alpha value is -1.15. The van der Waals surface area contributed by atoms with E-state index in [2.05, 4.69) is 18.7 Å². The van der Waals surface area contributed by atoms with Crippen molar-refractivity contribution in [3.8, 4) is 0 Å². The third-order valence-corrected chi connectivity index (χ3v) is 3.75. The molecule has 0 bridgehead atoms. The minimum absolute atomic E-state index is 0.0647. The van der Waals surface area contributed by atoms with Crippen LogP contribution in [0.5, 0.6) is 0 Å². The molecule has 0 amide bonds. The molecule has 1 aromatic carbocycles. The number of carbonyl (C=O) groups is 1. The zero-order chi connectivity index (χ0) is 12.3. The Morgan fingerprint density at radius 1 is 1.41 bits per heavy atom. The second-order valence-corrected chi connectivity index (χ2v) is 4.88.